The van der Waals surface area contributed by atoms with Gasteiger partial charge in [0.1, 0.15) is 25.1 Å². The third kappa shape index (κ3) is 10.0. The average molecular weight is 697 g/mol. The van der Waals surface area contributed by atoms with Crippen LogP contribution in [0.25, 0.3) is 0 Å². The van der Waals surface area contributed by atoms with Crippen molar-refractivity contribution in [1.29, 1.82) is 0 Å². The summed E-state index contributed by atoms with van der Waals surface area (Å²) in [7, 11) is 0. The summed E-state index contributed by atoms with van der Waals surface area (Å²) in [6.07, 6.45) is -6.62. The molecule has 0 amide bonds. The average Bonchev–Trinajstić information content (AvgIpc) is 3.38. The van der Waals surface area contributed by atoms with Crippen molar-refractivity contribution in [2.75, 3.05) is 13.2 Å². The van der Waals surface area contributed by atoms with E-state index in [2.05, 4.69) is 0 Å². The highest BCUT2D eigenvalue weighted by molar-refractivity contribution is 5.68. The zero-order valence-corrected chi connectivity index (χ0v) is 29.0. The molecule has 2 aromatic carbocycles. The number of esters is 4. The van der Waals surface area contributed by atoms with Gasteiger partial charge in [-0.2, -0.15) is 0 Å². The Bertz CT molecular complexity index is 1620. The van der Waals surface area contributed by atoms with Gasteiger partial charge in [0.05, 0.1) is 13.2 Å². The van der Waals surface area contributed by atoms with Crippen LogP contribution >= 0.6 is 0 Å². The van der Waals surface area contributed by atoms with Gasteiger partial charge in [0.15, 0.2) is 12.2 Å². The van der Waals surface area contributed by atoms with Gasteiger partial charge in [-0.05, 0) is 23.1 Å². The number of nitrogens with zero attached hydrogens (tertiary/aromatic N) is 2. The minimum absolute atomic E-state index is 0.0842. The molecule has 3 aromatic rings. The van der Waals surface area contributed by atoms with Gasteiger partial charge in [-0.25, -0.2) is 0 Å². The number of rotatable bonds is 15. The van der Waals surface area contributed by atoms with Crippen LogP contribution in [-0.4, -0.2) is 82.7 Å². The summed E-state index contributed by atoms with van der Waals surface area (Å²) < 4.78 is 42.3. The second-order valence-electron chi connectivity index (χ2n) is 12.0. The molecule has 1 N–H and O–H groups in total. The first-order valence-corrected chi connectivity index (χ1v) is 16.3. The van der Waals surface area contributed by atoms with Gasteiger partial charge in [0.25, 0.3) is 0 Å². The predicted molar refractivity (Wildman–Crippen MR) is 176 cm³/mol. The highest BCUT2D eigenvalue weighted by Gasteiger charge is 2.53. The molecule has 1 aromatic heterocycles. The van der Waals surface area contributed by atoms with Gasteiger partial charge in [-0.3, -0.25) is 23.9 Å². The molecule has 0 saturated carbocycles. The Balaban J connectivity index is 1.78. The topological polar surface area (TPSA) is 171 Å². The number of para-hydroxylation sites is 1. The lowest BCUT2D eigenvalue weighted by Gasteiger charge is -2.43. The fourth-order valence-corrected chi connectivity index (χ4v) is 5.77. The third-order valence-electron chi connectivity index (χ3n) is 7.67. The van der Waals surface area contributed by atoms with Crippen LogP contribution in [0.3, 0.4) is 0 Å². The molecular weight excluding hydrogens is 652 g/mol. The van der Waals surface area contributed by atoms with Crippen LogP contribution in [0.1, 0.15) is 69.8 Å². The second kappa shape index (κ2) is 17.6. The minimum Gasteiger partial charge on any atom is -0.489 e. The maximum absolute atomic E-state index is 12.4. The van der Waals surface area contributed by atoms with Crippen molar-refractivity contribution >= 4 is 23.9 Å². The SMILES string of the molecule is CC(=O)OC[C@H]1OC(Oc2nn(CCO)c(C(C)C)c2Cc2ccccc2OCc2ccccc2)[C@H](OC(C)=O)[C@@H](OC(C)=O)[C@@H]1OC(C)=O. The predicted octanol–water partition coefficient (Wildman–Crippen LogP) is 3.63. The molecule has 14 heteroatoms. The lowest BCUT2D eigenvalue weighted by Crippen LogP contribution is -2.63. The maximum Gasteiger partial charge on any atom is 0.303 e. The van der Waals surface area contributed by atoms with E-state index in [9.17, 15) is 24.3 Å². The highest BCUT2D eigenvalue weighted by atomic mass is 16.7. The first-order chi connectivity index (χ1) is 23.9. The number of ether oxygens (including phenoxy) is 7. The fraction of sp³-hybridized carbons (Fsp3) is 0.472. The van der Waals surface area contributed by atoms with Crippen molar-refractivity contribution in [2.24, 2.45) is 0 Å². The van der Waals surface area contributed by atoms with Crippen molar-refractivity contribution in [3.8, 4) is 11.6 Å². The smallest absolute Gasteiger partial charge is 0.303 e. The number of benzene rings is 2. The van der Waals surface area contributed by atoms with Crippen LogP contribution in [0.5, 0.6) is 11.6 Å². The molecule has 5 atom stereocenters. The van der Waals surface area contributed by atoms with Gasteiger partial charge in [-0.1, -0.05) is 62.4 Å². The number of hydrogen-bond acceptors (Lipinski definition) is 13. The molecule has 1 saturated heterocycles. The molecule has 0 radical (unpaired) electrons. The van der Waals surface area contributed by atoms with Crippen LogP contribution < -0.4 is 9.47 Å². The molecule has 2 heterocycles. The van der Waals surface area contributed by atoms with Gasteiger partial charge in [0.2, 0.25) is 18.3 Å². The summed E-state index contributed by atoms with van der Waals surface area (Å²) in [5.41, 5.74) is 3.21. The Morgan fingerprint density at radius 2 is 1.46 bits per heavy atom. The van der Waals surface area contributed by atoms with E-state index >= 15 is 0 Å². The van der Waals surface area contributed by atoms with Crippen molar-refractivity contribution in [3.05, 3.63) is 77.0 Å². The maximum atomic E-state index is 12.4. The summed E-state index contributed by atoms with van der Waals surface area (Å²) in [4.78, 5) is 48.7. The molecule has 1 aliphatic heterocycles. The monoisotopic (exact) mass is 696 g/mol. The number of carbonyl (C=O) groups is 4. The number of carbonyl (C=O) groups excluding carboxylic acids is 4. The van der Waals surface area contributed by atoms with Gasteiger partial charge >= 0.3 is 23.9 Å². The molecule has 0 bridgehead atoms. The number of aliphatic hydroxyl groups is 1. The van der Waals surface area contributed by atoms with Crippen molar-refractivity contribution in [3.63, 3.8) is 0 Å². The number of aromatic nitrogens is 2. The van der Waals surface area contributed by atoms with Gasteiger partial charge < -0.3 is 38.3 Å². The molecule has 0 aliphatic carbocycles. The van der Waals surface area contributed by atoms with Crippen LogP contribution in [0.15, 0.2) is 54.6 Å². The number of hydrogen-bond donors (Lipinski definition) is 1. The summed E-state index contributed by atoms with van der Waals surface area (Å²) >= 11 is 0. The quantitative estimate of drug-likeness (QED) is 0.181. The van der Waals surface area contributed by atoms with Gasteiger partial charge in [-0.15, -0.1) is 5.10 Å². The molecule has 1 aliphatic rings. The Hall–Kier alpha value is -4.95. The second-order valence-corrected chi connectivity index (χ2v) is 12.0. The Kier molecular flexibility index (Phi) is 13.3. The molecular formula is C36H44N2O12. The van der Waals surface area contributed by atoms with E-state index in [1.807, 2.05) is 68.4 Å². The molecule has 0 spiro atoms. The normalized spacial score (nSPS) is 20.1. The molecule has 1 fully saturated rings. The summed E-state index contributed by atoms with van der Waals surface area (Å²) in [5.74, 6) is -2.28. The summed E-state index contributed by atoms with van der Waals surface area (Å²) in [6, 6.07) is 17.3. The molecule has 4 rings (SSSR count). The van der Waals surface area contributed by atoms with E-state index in [-0.39, 0.29) is 31.4 Å². The van der Waals surface area contributed by atoms with E-state index in [4.69, 9.17) is 38.3 Å². The largest absolute Gasteiger partial charge is 0.489 e. The van der Waals surface area contributed by atoms with Crippen molar-refractivity contribution in [1.82, 2.24) is 9.78 Å². The van der Waals surface area contributed by atoms with E-state index in [0.717, 1.165) is 37.6 Å². The third-order valence-corrected chi connectivity index (χ3v) is 7.67. The molecule has 270 valence electrons. The zero-order chi connectivity index (χ0) is 36.4. The lowest BCUT2D eigenvalue weighted by atomic mass is 9.97. The standard InChI is InChI=1S/C36H44N2O12/c1-21(2)31-28(18-27-14-10-11-15-29(27)45-19-26-12-8-7-9-13-26)35(37-38(31)16-17-39)50-36-34(48-25(6)43)33(47-24(5)42)32(46-23(4)41)30(49-36)20-44-22(3)40/h7-15,21,30,32-34,36,39H,16-20H2,1-6H3/t30-,32-,33+,34-,36?/m1/s1. The summed E-state index contributed by atoms with van der Waals surface area (Å²) in [5, 5.41) is 14.6. The van der Waals surface area contributed by atoms with Gasteiger partial charge in [0, 0.05) is 45.4 Å². The minimum atomic E-state index is -1.49. The first kappa shape index (κ1) is 37.9. The zero-order valence-electron chi connectivity index (χ0n) is 29.0. The van der Waals surface area contributed by atoms with Crippen LogP contribution in [-0.2, 0) is 62.4 Å². The van der Waals surface area contributed by atoms with E-state index in [0.29, 0.717) is 17.9 Å². The van der Waals surface area contributed by atoms with Crippen molar-refractivity contribution < 1.29 is 57.4 Å². The molecule has 50 heavy (non-hydrogen) atoms. The molecule has 1 unspecified atom stereocenters. The molecule has 14 nitrogen and oxygen atoms in total. The van der Waals surface area contributed by atoms with Crippen LogP contribution in [0.2, 0.25) is 0 Å². The van der Waals surface area contributed by atoms with E-state index in [1.165, 1.54) is 6.92 Å². The Labute approximate surface area is 290 Å². The summed E-state index contributed by atoms with van der Waals surface area (Å²) in [6.45, 7) is 8.45. The lowest BCUT2D eigenvalue weighted by molar-refractivity contribution is -0.289. The van der Waals surface area contributed by atoms with Crippen LogP contribution in [0, 0.1) is 0 Å². The highest BCUT2D eigenvalue weighted by Crippen LogP contribution is 2.36. The first-order valence-electron chi connectivity index (χ1n) is 16.3. The van der Waals surface area contributed by atoms with Crippen molar-refractivity contribution in [2.45, 2.75) is 97.7 Å². The Morgan fingerprint density at radius 1 is 0.840 bits per heavy atom. The Morgan fingerprint density at radius 3 is 2.08 bits per heavy atom. The number of aliphatic hydroxyl groups excluding tert-OH is 1. The van der Waals surface area contributed by atoms with Crippen LogP contribution in [0.4, 0.5) is 0 Å². The van der Waals surface area contributed by atoms with E-state index < -0.39 is 61.2 Å². The fourth-order valence-electron chi connectivity index (χ4n) is 5.77. The van der Waals surface area contributed by atoms with E-state index in [1.54, 1.807) is 4.68 Å².